The van der Waals surface area contributed by atoms with Crippen molar-refractivity contribution in [3.63, 3.8) is 0 Å². The highest BCUT2D eigenvalue weighted by molar-refractivity contribution is 5.57. The minimum atomic E-state index is -0.983. The molecule has 2 aromatic rings. The summed E-state index contributed by atoms with van der Waals surface area (Å²) in [6, 6.07) is 8.22. The van der Waals surface area contributed by atoms with E-state index >= 15 is 0 Å². The fourth-order valence-corrected chi connectivity index (χ4v) is 4.90. The van der Waals surface area contributed by atoms with Crippen LogP contribution in [0.15, 0.2) is 36.5 Å². The van der Waals surface area contributed by atoms with Gasteiger partial charge in [0.2, 0.25) is 5.88 Å². The molecule has 1 saturated heterocycles. The molecular formula is C23H29N3O4. The zero-order chi connectivity index (χ0) is 21.1. The Morgan fingerprint density at radius 1 is 1.17 bits per heavy atom. The van der Waals surface area contributed by atoms with Crippen molar-refractivity contribution in [1.82, 2.24) is 14.9 Å². The summed E-state index contributed by atoms with van der Waals surface area (Å²) >= 11 is 0. The third kappa shape index (κ3) is 3.75. The summed E-state index contributed by atoms with van der Waals surface area (Å²) in [5, 5.41) is 11.6. The first-order valence-corrected chi connectivity index (χ1v) is 10.3. The van der Waals surface area contributed by atoms with Gasteiger partial charge in [-0.3, -0.25) is 4.90 Å². The second-order valence-corrected chi connectivity index (χ2v) is 7.97. The second kappa shape index (κ2) is 8.62. The molecule has 0 radical (unpaired) electrons. The normalized spacial score (nSPS) is 26.1. The van der Waals surface area contributed by atoms with Gasteiger partial charge in [-0.1, -0.05) is 30.4 Å². The molecule has 1 aromatic heterocycles. The van der Waals surface area contributed by atoms with Gasteiger partial charge >= 0.3 is 6.01 Å². The molecule has 0 bridgehead atoms. The van der Waals surface area contributed by atoms with Crippen LogP contribution in [-0.4, -0.2) is 60.9 Å². The average molecular weight is 412 g/mol. The number of methoxy groups -OCH3 is 3. The van der Waals surface area contributed by atoms with Gasteiger partial charge in [0.1, 0.15) is 11.4 Å². The largest absolute Gasteiger partial charge is 0.496 e. The number of aliphatic hydroxyl groups is 1. The number of benzene rings is 1. The zero-order valence-electron chi connectivity index (χ0n) is 17.7. The van der Waals surface area contributed by atoms with E-state index in [0.29, 0.717) is 23.8 Å². The molecule has 3 atom stereocenters. The molecule has 7 nitrogen and oxygen atoms in total. The van der Waals surface area contributed by atoms with Gasteiger partial charge in [0.25, 0.3) is 0 Å². The van der Waals surface area contributed by atoms with Gasteiger partial charge in [-0.25, -0.2) is 4.98 Å². The second-order valence-electron chi connectivity index (χ2n) is 7.97. The molecule has 4 rings (SSSR count). The number of rotatable bonds is 7. The van der Waals surface area contributed by atoms with Crippen molar-refractivity contribution in [3.8, 4) is 17.6 Å². The molecule has 0 unspecified atom stereocenters. The minimum absolute atomic E-state index is 0.128. The molecule has 1 aromatic carbocycles. The number of aromatic nitrogens is 2. The van der Waals surface area contributed by atoms with Crippen LogP contribution in [0.1, 0.15) is 24.0 Å². The lowest BCUT2D eigenvalue weighted by Crippen LogP contribution is -2.35. The number of hydrogen-bond donors (Lipinski definition) is 1. The van der Waals surface area contributed by atoms with Crippen LogP contribution in [0.2, 0.25) is 0 Å². The number of hydrogen-bond acceptors (Lipinski definition) is 7. The van der Waals surface area contributed by atoms with Crippen molar-refractivity contribution < 1.29 is 19.3 Å². The maximum Gasteiger partial charge on any atom is 0.319 e. The van der Waals surface area contributed by atoms with Gasteiger partial charge in [-0.2, -0.15) is 4.98 Å². The molecule has 1 aliphatic heterocycles. The van der Waals surface area contributed by atoms with Crippen LogP contribution in [0.4, 0.5) is 0 Å². The van der Waals surface area contributed by atoms with Crippen LogP contribution in [0, 0.1) is 11.8 Å². The lowest BCUT2D eigenvalue weighted by Gasteiger charge is -2.31. The number of ether oxygens (including phenoxy) is 3. The van der Waals surface area contributed by atoms with Gasteiger partial charge in [-0.15, -0.1) is 0 Å². The summed E-state index contributed by atoms with van der Waals surface area (Å²) in [6.45, 7) is 2.63. The van der Waals surface area contributed by atoms with E-state index in [1.807, 2.05) is 24.3 Å². The highest BCUT2D eigenvalue weighted by Gasteiger charge is 2.53. The summed E-state index contributed by atoms with van der Waals surface area (Å²) in [4.78, 5) is 10.9. The summed E-state index contributed by atoms with van der Waals surface area (Å²) in [7, 11) is 4.76. The van der Waals surface area contributed by atoms with Crippen molar-refractivity contribution in [1.29, 1.82) is 0 Å². The molecule has 2 heterocycles. The Kier molecular flexibility index (Phi) is 5.92. The first-order valence-electron chi connectivity index (χ1n) is 10.3. The third-order valence-corrected chi connectivity index (χ3v) is 6.40. The van der Waals surface area contributed by atoms with E-state index < -0.39 is 5.60 Å². The van der Waals surface area contributed by atoms with Crippen LogP contribution in [-0.2, 0) is 5.60 Å². The van der Waals surface area contributed by atoms with Crippen LogP contribution < -0.4 is 14.2 Å². The quantitative estimate of drug-likeness (QED) is 0.751. The molecule has 160 valence electrons. The predicted octanol–water partition coefficient (Wildman–Crippen LogP) is 2.75. The van der Waals surface area contributed by atoms with E-state index in [0.717, 1.165) is 37.4 Å². The van der Waals surface area contributed by atoms with Crippen molar-refractivity contribution >= 4 is 6.08 Å². The fourth-order valence-electron chi connectivity index (χ4n) is 4.90. The van der Waals surface area contributed by atoms with E-state index in [1.165, 1.54) is 7.11 Å². The first-order chi connectivity index (χ1) is 14.6. The van der Waals surface area contributed by atoms with Gasteiger partial charge in [0, 0.05) is 37.3 Å². The highest BCUT2D eigenvalue weighted by Crippen LogP contribution is 2.52. The van der Waals surface area contributed by atoms with Crippen LogP contribution in [0.5, 0.6) is 17.6 Å². The van der Waals surface area contributed by atoms with Crippen LogP contribution in [0.25, 0.3) is 6.08 Å². The first kappa shape index (κ1) is 20.6. The van der Waals surface area contributed by atoms with Gasteiger partial charge in [0.15, 0.2) is 0 Å². The Balaban J connectivity index is 1.47. The third-order valence-electron chi connectivity index (χ3n) is 6.40. The smallest absolute Gasteiger partial charge is 0.319 e. The van der Waals surface area contributed by atoms with Gasteiger partial charge in [0.05, 0.1) is 26.9 Å². The summed E-state index contributed by atoms with van der Waals surface area (Å²) in [6.07, 6.45) is 7.58. The molecular weight excluding hydrogens is 382 g/mol. The number of nitrogens with zero attached hydrogens (tertiary/aromatic N) is 3. The lowest BCUT2D eigenvalue weighted by molar-refractivity contribution is -0.00900. The number of fused-ring (bicyclic) bond motifs is 1. The van der Waals surface area contributed by atoms with E-state index in [4.69, 9.17) is 14.2 Å². The number of para-hydroxylation sites is 1. The molecule has 1 N–H and O–H groups in total. The molecule has 7 heteroatoms. The maximum atomic E-state index is 11.6. The summed E-state index contributed by atoms with van der Waals surface area (Å²) < 4.78 is 16.0. The number of likely N-dealkylation sites (tertiary alicyclic amines) is 1. The Bertz CT molecular complexity index is 919. The highest BCUT2D eigenvalue weighted by atomic mass is 16.5. The molecule has 1 aliphatic carbocycles. The Morgan fingerprint density at radius 2 is 2.00 bits per heavy atom. The maximum absolute atomic E-state index is 11.6. The molecule has 0 spiro atoms. The van der Waals surface area contributed by atoms with Gasteiger partial charge < -0.3 is 19.3 Å². The van der Waals surface area contributed by atoms with E-state index in [2.05, 4.69) is 27.0 Å². The van der Waals surface area contributed by atoms with Crippen molar-refractivity contribution in [2.45, 2.75) is 18.4 Å². The molecule has 1 saturated carbocycles. The predicted molar refractivity (Wildman–Crippen MR) is 114 cm³/mol. The molecule has 0 amide bonds. The molecule has 2 aliphatic rings. The Labute approximate surface area is 177 Å². The topological polar surface area (TPSA) is 76.9 Å². The average Bonchev–Trinajstić information content (AvgIpc) is 3.33. The van der Waals surface area contributed by atoms with E-state index in [1.54, 1.807) is 20.4 Å². The van der Waals surface area contributed by atoms with Crippen LogP contribution in [0.3, 0.4) is 0 Å². The van der Waals surface area contributed by atoms with Gasteiger partial charge in [-0.05, 0) is 24.8 Å². The van der Waals surface area contributed by atoms with Crippen molar-refractivity contribution in [2.75, 3.05) is 41.0 Å². The fraction of sp³-hybridized carbons (Fsp3) is 0.478. The van der Waals surface area contributed by atoms with Crippen LogP contribution >= 0.6 is 0 Å². The summed E-state index contributed by atoms with van der Waals surface area (Å²) in [5.41, 5.74) is 0.740. The minimum Gasteiger partial charge on any atom is -0.496 e. The SMILES string of the molecule is COc1ncc([C@@]2(O)CC[C@@H]3CN(CC=Cc4ccccc4OC)C[C@@H]32)c(OC)n1. The molecule has 2 fully saturated rings. The van der Waals surface area contributed by atoms with E-state index in [-0.39, 0.29) is 11.9 Å². The Hall–Kier alpha value is -2.64. The lowest BCUT2D eigenvalue weighted by atomic mass is 9.83. The van der Waals surface area contributed by atoms with Crippen molar-refractivity contribution in [3.05, 3.63) is 47.7 Å². The summed E-state index contributed by atoms with van der Waals surface area (Å²) in [5.74, 6) is 1.83. The monoisotopic (exact) mass is 411 g/mol. The zero-order valence-corrected chi connectivity index (χ0v) is 17.7. The Morgan fingerprint density at radius 3 is 2.77 bits per heavy atom. The molecule has 30 heavy (non-hydrogen) atoms. The van der Waals surface area contributed by atoms with E-state index in [9.17, 15) is 5.11 Å². The standard InChI is InChI=1S/C23H29N3O4/c1-28-20-9-5-4-7-16(20)8-6-12-26-14-17-10-11-23(27,19(17)15-26)18-13-24-22(30-3)25-21(18)29-2/h4-9,13,17,19,27H,10-12,14-15H2,1-3H3/t17-,19+,23+/m1/s1. The van der Waals surface area contributed by atoms with Crippen molar-refractivity contribution in [2.24, 2.45) is 11.8 Å².